The van der Waals surface area contributed by atoms with Gasteiger partial charge in [-0.05, 0) is 62.0 Å². The lowest BCUT2D eigenvalue weighted by Crippen LogP contribution is -2.22. The maximum atomic E-state index is 12.6. The van der Waals surface area contributed by atoms with Crippen molar-refractivity contribution in [3.05, 3.63) is 45.1 Å². The van der Waals surface area contributed by atoms with Gasteiger partial charge in [0.15, 0.2) is 11.6 Å². The molecule has 0 aliphatic rings. The fourth-order valence-electron chi connectivity index (χ4n) is 2.19. The molecule has 0 unspecified atom stereocenters. The van der Waals surface area contributed by atoms with Gasteiger partial charge in [0, 0.05) is 33.5 Å². The number of aryl methyl sites for hydroxylation is 1. The maximum absolute atomic E-state index is 12.6. The van der Waals surface area contributed by atoms with Crippen LogP contribution in [-0.2, 0) is 17.9 Å². The molecule has 0 saturated carbocycles. The van der Waals surface area contributed by atoms with Gasteiger partial charge in [-0.1, -0.05) is 19.6 Å². The third kappa shape index (κ3) is 6.43. The summed E-state index contributed by atoms with van der Waals surface area (Å²) in [7, 11) is -1.13. The molecule has 0 saturated heterocycles. The monoisotopic (exact) mass is 487 g/mol. The van der Waals surface area contributed by atoms with Crippen molar-refractivity contribution in [2.75, 3.05) is 6.61 Å². The van der Waals surface area contributed by atoms with Crippen LogP contribution in [0.15, 0.2) is 33.7 Å². The van der Waals surface area contributed by atoms with E-state index in [1.54, 1.807) is 17.0 Å². The lowest BCUT2D eigenvalue weighted by atomic mass is 10.1. The van der Waals surface area contributed by atoms with E-state index in [1.807, 2.05) is 12.1 Å². The third-order valence-corrected chi connectivity index (χ3v) is 7.32. The first-order valence-electron chi connectivity index (χ1n) is 8.19. The Balaban J connectivity index is 1.99. The minimum absolute atomic E-state index is 0.00277. The molecule has 2 aromatic rings. The quantitative estimate of drug-likeness (QED) is 0.285. The number of nitrogens with zero attached hydrogens (tertiary/aromatic N) is 3. The van der Waals surface area contributed by atoms with Crippen LogP contribution < -0.4 is 0 Å². The van der Waals surface area contributed by atoms with Crippen molar-refractivity contribution in [1.82, 2.24) is 14.5 Å². The van der Waals surface area contributed by atoms with Crippen molar-refractivity contribution in [3.63, 3.8) is 0 Å². The largest absolute Gasteiger partial charge is 0.361 e. The van der Waals surface area contributed by atoms with E-state index in [0.29, 0.717) is 36.6 Å². The van der Waals surface area contributed by atoms with Gasteiger partial charge in [0.1, 0.15) is 15.9 Å². The van der Waals surface area contributed by atoms with Crippen LogP contribution in [0.25, 0.3) is 0 Å². The van der Waals surface area contributed by atoms with Crippen LogP contribution >= 0.6 is 31.9 Å². The van der Waals surface area contributed by atoms with Crippen molar-refractivity contribution in [3.8, 4) is 0 Å². The molecule has 0 aliphatic heterocycles. The molecular weight excluding hydrogens is 466 g/mol. The van der Waals surface area contributed by atoms with Crippen molar-refractivity contribution in [1.29, 1.82) is 0 Å². The van der Waals surface area contributed by atoms with Crippen LogP contribution in [0.3, 0.4) is 0 Å². The van der Waals surface area contributed by atoms with E-state index in [4.69, 9.17) is 4.74 Å². The number of Topliss-reactive ketones (excluding diaryl/α,β-unsaturated/α-hetero) is 1. The number of rotatable bonds is 9. The minimum Gasteiger partial charge on any atom is -0.361 e. The summed E-state index contributed by atoms with van der Waals surface area (Å²) in [6.45, 7) is 7.96. The van der Waals surface area contributed by atoms with Crippen LogP contribution in [-0.4, -0.2) is 35.0 Å². The first kappa shape index (κ1) is 20.5. The zero-order chi connectivity index (χ0) is 18.4. The maximum Gasteiger partial charge on any atom is 0.198 e. The van der Waals surface area contributed by atoms with Crippen molar-refractivity contribution in [2.24, 2.45) is 0 Å². The topological polar surface area (TPSA) is 57.0 Å². The summed E-state index contributed by atoms with van der Waals surface area (Å²) in [4.78, 5) is 20.9. The molecule has 0 radical (unpaired) electrons. The highest BCUT2D eigenvalue weighted by molar-refractivity contribution is 9.13. The molecule has 0 spiro atoms. The molecule has 2 aromatic heterocycles. The van der Waals surface area contributed by atoms with Crippen molar-refractivity contribution >= 4 is 45.7 Å². The number of carbonyl (C=O) groups is 1. The van der Waals surface area contributed by atoms with E-state index in [-0.39, 0.29) is 5.78 Å². The Morgan fingerprint density at radius 2 is 1.92 bits per heavy atom. The van der Waals surface area contributed by atoms with E-state index in [2.05, 4.69) is 61.5 Å². The Labute approximate surface area is 166 Å². The number of halogens is 2. The van der Waals surface area contributed by atoms with Crippen LogP contribution in [0.1, 0.15) is 22.6 Å². The number of hydrogen-bond donors (Lipinski definition) is 0. The molecule has 0 fully saturated rings. The number of aromatic nitrogens is 3. The van der Waals surface area contributed by atoms with Gasteiger partial charge in [-0.3, -0.25) is 14.3 Å². The Bertz CT molecular complexity index is 715. The molecule has 0 aliphatic carbocycles. The second kappa shape index (κ2) is 9.20. The molecule has 2 rings (SSSR count). The standard InChI is InChI=1S/C17H23Br2N3O2Si/c1-25(2,3)11-10-24-12-22-16(19)15(18)21-17(22)14(23)5-4-13-6-8-20-9-7-13/h6-9H,4-5,10-12H2,1-3H3. The van der Waals surface area contributed by atoms with Gasteiger partial charge < -0.3 is 4.74 Å². The lowest BCUT2D eigenvalue weighted by molar-refractivity contribution is 0.0784. The SMILES string of the molecule is C[Si](C)(C)CCOCn1c(C(=O)CCc2ccncc2)nc(Br)c1Br. The summed E-state index contributed by atoms with van der Waals surface area (Å²) < 4.78 is 8.92. The fraction of sp³-hybridized carbons (Fsp3) is 0.471. The highest BCUT2D eigenvalue weighted by atomic mass is 79.9. The highest BCUT2D eigenvalue weighted by Gasteiger charge is 2.20. The normalized spacial score (nSPS) is 11.7. The Hall–Kier alpha value is -0.833. The Morgan fingerprint density at radius 3 is 2.56 bits per heavy atom. The fourth-order valence-corrected chi connectivity index (χ4v) is 3.69. The molecule has 0 amide bonds. The number of ether oxygens (including phenoxy) is 1. The van der Waals surface area contributed by atoms with Crippen LogP contribution in [0.2, 0.25) is 25.7 Å². The predicted octanol–water partition coefficient (Wildman–Crippen LogP) is 4.93. The molecule has 25 heavy (non-hydrogen) atoms. The van der Waals surface area contributed by atoms with Gasteiger partial charge in [0.25, 0.3) is 0 Å². The average molecular weight is 489 g/mol. The number of pyridine rings is 1. The first-order chi connectivity index (χ1) is 11.8. The van der Waals surface area contributed by atoms with E-state index < -0.39 is 8.07 Å². The third-order valence-electron chi connectivity index (χ3n) is 3.72. The summed E-state index contributed by atoms with van der Waals surface area (Å²) in [6, 6.07) is 4.93. The lowest BCUT2D eigenvalue weighted by Gasteiger charge is -2.16. The number of carbonyl (C=O) groups excluding carboxylic acids is 1. The molecule has 0 aromatic carbocycles. The van der Waals surface area contributed by atoms with Crippen LogP contribution in [0.5, 0.6) is 0 Å². The van der Waals surface area contributed by atoms with Gasteiger partial charge in [0.05, 0.1) is 0 Å². The van der Waals surface area contributed by atoms with Crippen LogP contribution in [0, 0.1) is 0 Å². The summed E-state index contributed by atoms with van der Waals surface area (Å²) >= 11 is 6.86. The molecular formula is C17H23Br2N3O2Si. The molecule has 136 valence electrons. The van der Waals surface area contributed by atoms with Gasteiger partial charge in [-0.2, -0.15) is 0 Å². The second-order valence-electron chi connectivity index (χ2n) is 7.07. The smallest absolute Gasteiger partial charge is 0.198 e. The van der Waals surface area contributed by atoms with Gasteiger partial charge in [-0.25, -0.2) is 4.98 Å². The predicted molar refractivity (Wildman–Crippen MR) is 109 cm³/mol. The number of hydrogen-bond acceptors (Lipinski definition) is 4. The summed E-state index contributed by atoms with van der Waals surface area (Å²) in [5.74, 6) is 0.415. The molecule has 0 bridgehead atoms. The number of imidazole rings is 1. The highest BCUT2D eigenvalue weighted by Crippen LogP contribution is 2.25. The summed E-state index contributed by atoms with van der Waals surface area (Å²) in [5, 5.41) is 0. The van der Waals surface area contributed by atoms with E-state index in [0.717, 1.165) is 16.2 Å². The summed E-state index contributed by atoms with van der Waals surface area (Å²) in [6.07, 6.45) is 4.54. The second-order valence-corrected chi connectivity index (χ2v) is 14.2. The first-order valence-corrected chi connectivity index (χ1v) is 13.5. The van der Waals surface area contributed by atoms with Crippen LogP contribution in [0.4, 0.5) is 0 Å². The van der Waals surface area contributed by atoms with E-state index >= 15 is 0 Å². The van der Waals surface area contributed by atoms with Gasteiger partial charge in [-0.15, -0.1) is 0 Å². The Kier molecular flexibility index (Phi) is 7.54. The Morgan fingerprint density at radius 1 is 1.24 bits per heavy atom. The van der Waals surface area contributed by atoms with Crippen molar-refractivity contribution < 1.29 is 9.53 Å². The molecule has 2 heterocycles. The van der Waals surface area contributed by atoms with Crippen molar-refractivity contribution in [2.45, 2.75) is 45.3 Å². The average Bonchev–Trinajstić information content (AvgIpc) is 2.85. The summed E-state index contributed by atoms with van der Waals surface area (Å²) in [5.41, 5.74) is 1.09. The molecule has 0 atom stereocenters. The molecule has 8 heteroatoms. The zero-order valence-corrected chi connectivity index (χ0v) is 18.9. The van der Waals surface area contributed by atoms with E-state index in [1.165, 1.54) is 0 Å². The number of ketones is 1. The minimum atomic E-state index is -1.13. The van der Waals surface area contributed by atoms with Gasteiger partial charge >= 0.3 is 0 Å². The molecule has 5 nitrogen and oxygen atoms in total. The van der Waals surface area contributed by atoms with Gasteiger partial charge in [0.2, 0.25) is 0 Å². The molecule has 0 N–H and O–H groups in total. The van der Waals surface area contributed by atoms with E-state index in [9.17, 15) is 4.79 Å². The zero-order valence-electron chi connectivity index (χ0n) is 14.8.